The SMILES string of the molecule is C=CCOc1ccc(C(=O)NCC(c2cccs2)N2CCC(C)CC2)cc1OC. The summed E-state index contributed by atoms with van der Waals surface area (Å²) in [4.78, 5) is 16.6. The number of carbonyl (C=O) groups is 1. The highest BCUT2D eigenvalue weighted by Crippen LogP contribution is 2.30. The fourth-order valence-corrected chi connectivity index (χ4v) is 4.46. The van der Waals surface area contributed by atoms with Crippen molar-refractivity contribution in [1.29, 1.82) is 0 Å². The lowest BCUT2D eigenvalue weighted by atomic mass is 9.97. The number of amides is 1. The molecule has 1 aliphatic rings. The van der Waals surface area contributed by atoms with E-state index in [-0.39, 0.29) is 11.9 Å². The number of hydrogen-bond acceptors (Lipinski definition) is 5. The summed E-state index contributed by atoms with van der Waals surface area (Å²) in [6, 6.07) is 9.70. The van der Waals surface area contributed by atoms with E-state index in [4.69, 9.17) is 9.47 Å². The van der Waals surface area contributed by atoms with E-state index in [2.05, 4.69) is 41.2 Å². The van der Waals surface area contributed by atoms with Gasteiger partial charge in [0.2, 0.25) is 0 Å². The van der Waals surface area contributed by atoms with Gasteiger partial charge in [-0.2, -0.15) is 0 Å². The van der Waals surface area contributed by atoms with E-state index in [1.54, 1.807) is 42.7 Å². The zero-order chi connectivity index (χ0) is 20.6. The molecule has 1 fully saturated rings. The van der Waals surface area contributed by atoms with Crippen molar-refractivity contribution >= 4 is 17.2 Å². The minimum Gasteiger partial charge on any atom is -0.493 e. The van der Waals surface area contributed by atoms with Crippen LogP contribution in [0.1, 0.15) is 41.0 Å². The number of methoxy groups -OCH3 is 1. The Morgan fingerprint density at radius 3 is 2.79 bits per heavy atom. The second-order valence-corrected chi connectivity index (χ2v) is 8.40. The fraction of sp³-hybridized carbons (Fsp3) is 0.435. The molecule has 1 aromatic carbocycles. The Morgan fingerprint density at radius 1 is 1.34 bits per heavy atom. The zero-order valence-corrected chi connectivity index (χ0v) is 18.0. The van der Waals surface area contributed by atoms with Crippen LogP contribution in [-0.4, -0.2) is 44.2 Å². The monoisotopic (exact) mass is 414 g/mol. The lowest BCUT2D eigenvalue weighted by Gasteiger charge is -2.36. The molecule has 2 aromatic rings. The van der Waals surface area contributed by atoms with Crippen molar-refractivity contribution in [3.05, 3.63) is 58.8 Å². The number of thiophene rings is 1. The van der Waals surface area contributed by atoms with Crippen LogP contribution in [-0.2, 0) is 0 Å². The van der Waals surface area contributed by atoms with Crippen molar-refractivity contribution in [2.75, 3.05) is 33.4 Å². The summed E-state index contributed by atoms with van der Waals surface area (Å²) in [7, 11) is 1.57. The number of rotatable bonds is 9. The number of hydrogen-bond donors (Lipinski definition) is 1. The Morgan fingerprint density at radius 2 is 2.14 bits per heavy atom. The van der Waals surface area contributed by atoms with E-state index in [0.29, 0.717) is 30.2 Å². The van der Waals surface area contributed by atoms with Gasteiger partial charge in [0.25, 0.3) is 5.91 Å². The number of benzene rings is 1. The van der Waals surface area contributed by atoms with Crippen LogP contribution in [0.2, 0.25) is 0 Å². The molecule has 1 atom stereocenters. The van der Waals surface area contributed by atoms with Crippen LogP contribution in [0.4, 0.5) is 0 Å². The molecular formula is C23H30N2O3S. The van der Waals surface area contributed by atoms with Gasteiger partial charge in [0.15, 0.2) is 11.5 Å². The molecule has 29 heavy (non-hydrogen) atoms. The van der Waals surface area contributed by atoms with Crippen molar-refractivity contribution < 1.29 is 14.3 Å². The molecule has 156 valence electrons. The van der Waals surface area contributed by atoms with Crippen LogP contribution in [0.5, 0.6) is 11.5 Å². The Bertz CT molecular complexity index is 798. The fourth-order valence-electron chi connectivity index (χ4n) is 3.60. The summed E-state index contributed by atoms with van der Waals surface area (Å²) in [5, 5.41) is 5.22. The Kier molecular flexibility index (Phi) is 7.72. The average molecular weight is 415 g/mol. The number of likely N-dealkylation sites (tertiary alicyclic amines) is 1. The number of carbonyl (C=O) groups excluding carboxylic acids is 1. The van der Waals surface area contributed by atoms with E-state index in [1.165, 1.54) is 17.7 Å². The summed E-state index contributed by atoms with van der Waals surface area (Å²) in [6.07, 6.45) is 4.09. The third-order valence-corrected chi connectivity index (χ3v) is 6.34. The van der Waals surface area contributed by atoms with Crippen LogP contribution >= 0.6 is 11.3 Å². The third-order valence-electron chi connectivity index (χ3n) is 5.37. The molecule has 1 unspecified atom stereocenters. The Balaban J connectivity index is 1.67. The van der Waals surface area contributed by atoms with E-state index >= 15 is 0 Å². The predicted molar refractivity (Wildman–Crippen MR) is 118 cm³/mol. The van der Waals surface area contributed by atoms with Gasteiger partial charge >= 0.3 is 0 Å². The van der Waals surface area contributed by atoms with Gasteiger partial charge in [-0.15, -0.1) is 11.3 Å². The second-order valence-electron chi connectivity index (χ2n) is 7.43. The molecule has 0 radical (unpaired) electrons. The highest BCUT2D eigenvalue weighted by Gasteiger charge is 2.26. The summed E-state index contributed by atoms with van der Waals surface area (Å²) in [6.45, 7) is 9.08. The van der Waals surface area contributed by atoms with Crippen LogP contribution in [0.3, 0.4) is 0 Å². The first-order valence-electron chi connectivity index (χ1n) is 10.1. The zero-order valence-electron chi connectivity index (χ0n) is 17.2. The quantitative estimate of drug-likeness (QED) is 0.613. The Hall–Kier alpha value is -2.31. The number of nitrogens with one attached hydrogen (secondary N) is 1. The van der Waals surface area contributed by atoms with Crippen molar-refractivity contribution in [2.24, 2.45) is 5.92 Å². The van der Waals surface area contributed by atoms with Gasteiger partial charge in [-0.3, -0.25) is 9.69 Å². The molecule has 1 aromatic heterocycles. The number of ether oxygens (including phenoxy) is 2. The number of nitrogens with zero attached hydrogens (tertiary/aromatic N) is 1. The van der Waals surface area contributed by atoms with E-state index in [0.717, 1.165) is 19.0 Å². The minimum absolute atomic E-state index is 0.106. The van der Waals surface area contributed by atoms with Crippen LogP contribution < -0.4 is 14.8 Å². The summed E-state index contributed by atoms with van der Waals surface area (Å²) < 4.78 is 10.9. The van der Waals surface area contributed by atoms with Crippen molar-refractivity contribution in [3.8, 4) is 11.5 Å². The van der Waals surface area contributed by atoms with Gasteiger partial charge in [-0.25, -0.2) is 0 Å². The average Bonchev–Trinajstić information content (AvgIpc) is 3.28. The van der Waals surface area contributed by atoms with E-state index < -0.39 is 0 Å². The van der Waals surface area contributed by atoms with E-state index in [9.17, 15) is 4.79 Å². The molecule has 3 rings (SSSR count). The predicted octanol–water partition coefficient (Wildman–Crippen LogP) is 4.52. The first-order valence-corrected chi connectivity index (χ1v) is 11.0. The van der Waals surface area contributed by atoms with Gasteiger partial charge in [-0.05, 0) is 61.5 Å². The molecule has 0 aliphatic carbocycles. The maximum atomic E-state index is 12.8. The standard InChI is InChI=1S/C23H30N2O3S/c1-4-13-28-20-8-7-18(15-21(20)27-3)23(26)24-16-19(22-6-5-14-29-22)25-11-9-17(2)10-12-25/h4-8,14-15,17,19H,1,9-13,16H2,2-3H3,(H,24,26). The minimum atomic E-state index is -0.106. The van der Waals surface area contributed by atoms with Gasteiger partial charge in [0.05, 0.1) is 13.2 Å². The molecule has 1 saturated heterocycles. The van der Waals surface area contributed by atoms with Gasteiger partial charge in [-0.1, -0.05) is 25.6 Å². The second kappa shape index (κ2) is 10.5. The van der Waals surface area contributed by atoms with Crippen molar-refractivity contribution in [1.82, 2.24) is 10.2 Å². The number of piperidine rings is 1. The molecule has 0 spiro atoms. The molecule has 1 amide bonds. The molecule has 1 aliphatic heterocycles. The molecule has 0 bridgehead atoms. The van der Waals surface area contributed by atoms with Crippen molar-refractivity contribution in [3.63, 3.8) is 0 Å². The van der Waals surface area contributed by atoms with Gasteiger partial charge in [0, 0.05) is 17.0 Å². The van der Waals surface area contributed by atoms with E-state index in [1.807, 2.05) is 0 Å². The van der Waals surface area contributed by atoms with Crippen LogP contribution in [0.15, 0.2) is 48.4 Å². The Labute approximate surface area is 177 Å². The molecule has 0 saturated carbocycles. The maximum absolute atomic E-state index is 12.8. The van der Waals surface area contributed by atoms with Crippen LogP contribution in [0.25, 0.3) is 0 Å². The highest BCUT2D eigenvalue weighted by molar-refractivity contribution is 7.10. The normalized spacial score (nSPS) is 16.2. The smallest absolute Gasteiger partial charge is 0.251 e. The lowest BCUT2D eigenvalue weighted by Crippen LogP contribution is -2.41. The molecule has 5 nitrogen and oxygen atoms in total. The molecule has 1 N–H and O–H groups in total. The lowest BCUT2D eigenvalue weighted by molar-refractivity contribution is 0.0914. The first kappa shape index (κ1) is 21.4. The molecular weight excluding hydrogens is 384 g/mol. The van der Waals surface area contributed by atoms with Gasteiger partial charge < -0.3 is 14.8 Å². The van der Waals surface area contributed by atoms with Crippen molar-refractivity contribution in [2.45, 2.75) is 25.8 Å². The van der Waals surface area contributed by atoms with Gasteiger partial charge in [0.1, 0.15) is 6.61 Å². The topological polar surface area (TPSA) is 50.8 Å². The highest BCUT2D eigenvalue weighted by atomic mass is 32.1. The summed E-state index contributed by atoms with van der Waals surface area (Å²) in [5.41, 5.74) is 0.560. The first-order chi connectivity index (χ1) is 14.1. The molecule has 6 heteroatoms. The summed E-state index contributed by atoms with van der Waals surface area (Å²) in [5.74, 6) is 1.81. The summed E-state index contributed by atoms with van der Waals surface area (Å²) >= 11 is 1.75. The van der Waals surface area contributed by atoms with Crippen LogP contribution in [0, 0.1) is 5.92 Å². The largest absolute Gasteiger partial charge is 0.493 e. The maximum Gasteiger partial charge on any atom is 0.251 e. The third kappa shape index (κ3) is 5.61. The molecule has 2 heterocycles.